The molecule has 0 saturated carbocycles. The van der Waals surface area contributed by atoms with E-state index in [-0.39, 0.29) is 5.89 Å². The standard InChI is InChI=1S/C12H8N6O/c13-5-10-9(7-15-17-10)12-16-11(18-19-12)4-8-2-1-3-14-6-8/h1-3,6-7H,4H2,(H,15,17). The number of hydrogen-bond donors (Lipinski definition) is 1. The average molecular weight is 252 g/mol. The Morgan fingerprint density at radius 1 is 1.37 bits per heavy atom. The van der Waals surface area contributed by atoms with Crippen LogP contribution in [0, 0.1) is 11.3 Å². The molecule has 3 rings (SSSR count). The Morgan fingerprint density at radius 2 is 2.32 bits per heavy atom. The Labute approximate surface area is 107 Å². The van der Waals surface area contributed by atoms with E-state index in [1.807, 2.05) is 18.2 Å². The van der Waals surface area contributed by atoms with Gasteiger partial charge in [-0.2, -0.15) is 15.3 Å². The van der Waals surface area contributed by atoms with Gasteiger partial charge in [0, 0.05) is 18.8 Å². The molecule has 0 atom stereocenters. The smallest absolute Gasteiger partial charge is 0.262 e. The molecule has 1 N–H and O–H groups in total. The Bertz CT molecular complexity index is 724. The highest BCUT2D eigenvalue weighted by molar-refractivity contribution is 5.59. The van der Waals surface area contributed by atoms with Crippen molar-refractivity contribution < 1.29 is 4.52 Å². The summed E-state index contributed by atoms with van der Waals surface area (Å²) in [5.74, 6) is 0.817. The molecule has 0 bridgehead atoms. The van der Waals surface area contributed by atoms with Crippen LogP contribution >= 0.6 is 0 Å². The Morgan fingerprint density at radius 3 is 3.11 bits per heavy atom. The zero-order valence-corrected chi connectivity index (χ0v) is 9.74. The van der Waals surface area contributed by atoms with Crippen LogP contribution in [0.1, 0.15) is 17.1 Å². The van der Waals surface area contributed by atoms with Gasteiger partial charge >= 0.3 is 0 Å². The van der Waals surface area contributed by atoms with E-state index in [2.05, 4.69) is 25.3 Å². The minimum atomic E-state index is 0.282. The van der Waals surface area contributed by atoms with Gasteiger partial charge in [0.15, 0.2) is 5.82 Å². The van der Waals surface area contributed by atoms with E-state index in [1.54, 1.807) is 12.4 Å². The van der Waals surface area contributed by atoms with Crippen LogP contribution in [0.4, 0.5) is 0 Å². The molecule has 7 heteroatoms. The van der Waals surface area contributed by atoms with Crippen molar-refractivity contribution in [2.45, 2.75) is 6.42 Å². The molecule has 0 fully saturated rings. The number of nitrogens with one attached hydrogen (secondary N) is 1. The molecule has 0 aromatic carbocycles. The van der Waals surface area contributed by atoms with Crippen molar-refractivity contribution in [2.24, 2.45) is 0 Å². The summed E-state index contributed by atoms with van der Waals surface area (Å²) in [6, 6.07) is 5.76. The van der Waals surface area contributed by atoms with Crippen LogP contribution in [-0.2, 0) is 6.42 Å². The molecule has 0 aliphatic heterocycles. The predicted octanol–water partition coefficient (Wildman–Crippen LogP) is 1.32. The Balaban J connectivity index is 1.86. The van der Waals surface area contributed by atoms with E-state index in [0.29, 0.717) is 23.5 Å². The van der Waals surface area contributed by atoms with Crippen LogP contribution in [0.5, 0.6) is 0 Å². The first-order valence-electron chi connectivity index (χ1n) is 5.52. The van der Waals surface area contributed by atoms with E-state index in [0.717, 1.165) is 5.56 Å². The van der Waals surface area contributed by atoms with Gasteiger partial charge in [0.2, 0.25) is 0 Å². The number of nitriles is 1. The lowest BCUT2D eigenvalue weighted by Crippen LogP contribution is -1.91. The molecule has 0 saturated heterocycles. The number of aromatic amines is 1. The first-order chi connectivity index (χ1) is 9.36. The third kappa shape index (κ3) is 2.19. The highest BCUT2D eigenvalue weighted by Crippen LogP contribution is 2.19. The van der Waals surface area contributed by atoms with Crippen LogP contribution < -0.4 is 0 Å². The van der Waals surface area contributed by atoms with Crippen molar-refractivity contribution in [3.05, 3.63) is 47.8 Å². The van der Waals surface area contributed by atoms with Gasteiger partial charge in [-0.25, -0.2) is 0 Å². The van der Waals surface area contributed by atoms with Crippen molar-refractivity contribution in [3.63, 3.8) is 0 Å². The number of pyridine rings is 1. The second-order valence-electron chi connectivity index (χ2n) is 3.82. The van der Waals surface area contributed by atoms with Gasteiger partial charge in [0.25, 0.3) is 5.89 Å². The summed E-state index contributed by atoms with van der Waals surface area (Å²) in [5, 5.41) is 19.1. The minimum absolute atomic E-state index is 0.282. The van der Waals surface area contributed by atoms with Crippen molar-refractivity contribution in [3.8, 4) is 17.5 Å². The molecule has 0 radical (unpaired) electrons. The van der Waals surface area contributed by atoms with E-state index < -0.39 is 0 Å². The van der Waals surface area contributed by atoms with Crippen LogP contribution in [0.2, 0.25) is 0 Å². The van der Waals surface area contributed by atoms with Crippen molar-refractivity contribution in [1.82, 2.24) is 25.3 Å². The maximum Gasteiger partial charge on any atom is 0.262 e. The fraction of sp³-hybridized carbons (Fsp3) is 0.0833. The quantitative estimate of drug-likeness (QED) is 0.753. The Kier molecular flexibility index (Phi) is 2.74. The van der Waals surface area contributed by atoms with Crippen molar-refractivity contribution in [1.29, 1.82) is 5.26 Å². The summed E-state index contributed by atoms with van der Waals surface area (Å²) < 4.78 is 5.13. The number of aromatic nitrogens is 5. The van der Waals surface area contributed by atoms with Crippen LogP contribution in [-0.4, -0.2) is 25.3 Å². The lowest BCUT2D eigenvalue weighted by Gasteiger charge is -1.93. The molecular weight excluding hydrogens is 244 g/mol. The number of hydrogen-bond acceptors (Lipinski definition) is 6. The summed E-state index contributed by atoms with van der Waals surface area (Å²) in [4.78, 5) is 8.26. The Hall–Kier alpha value is -3.01. The van der Waals surface area contributed by atoms with Crippen molar-refractivity contribution >= 4 is 0 Å². The molecule has 7 nitrogen and oxygen atoms in total. The van der Waals surface area contributed by atoms with E-state index in [1.165, 1.54) is 6.20 Å². The summed E-state index contributed by atoms with van der Waals surface area (Å²) in [6.07, 6.45) is 5.46. The van der Waals surface area contributed by atoms with Gasteiger partial charge in [-0.05, 0) is 11.6 Å². The number of H-pyrrole nitrogens is 1. The molecule has 3 aromatic rings. The minimum Gasteiger partial charge on any atom is -0.334 e. The second kappa shape index (κ2) is 4.70. The number of nitrogens with zero attached hydrogens (tertiary/aromatic N) is 5. The molecule has 92 valence electrons. The third-order valence-corrected chi connectivity index (χ3v) is 2.53. The van der Waals surface area contributed by atoms with Crippen LogP contribution in [0.15, 0.2) is 35.2 Å². The van der Waals surface area contributed by atoms with E-state index in [9.17, 15) is 0 Å². The SMILES string of the molecule is N#Cc1[nH]ncc1-c1nc(Cc2cccnc2)no1. The zero-order chi connectivity index (χ0) is 13.1. The second-order valence-corrected chi connectivity index (χ2v) is 3.82. The first kappa shape index (κ1) is 11.1. The van der Waals surface area contributed by atoms with Gasteiger partial charge in [0.1, 0.15) is 11.8 Å². The van der Waals surface area contributed by atoms with Crippen molar-refractivity contribution in [2.75, 3.05) is 0 Å². The molecular formula is C12H8N6O. The summed E-state index contributed by atoms with van der Waals surface area (Å²) in [6.45, 7) is 0. The molecule has 0 aliphatic carbocycles. The topological polar surface area (TPSA) is 104 Å². The normalized spacial score (nSPS) is 10.3. The van der Waals surface area contributed by atoms with Crippen LogP contribution in [0.3, 0.4) is 0 Å². The molecule has 0 spiro atoms. The lowest BCUT2D eigenvalue weighted by atomic mass is 10.2. The summed E-state index contributed by atoms with van der Waals surface area (Å²) in [5.41, 5.74) is 1.80. The largest absolute Gasteiger partial charge is 0.334 e. The van der Waals surface area contributed by atoms with Gasteiger partial charge < -0.3 is 4.52 Å². The monoisotopic (exact) mass is 252 g/mol. The molecule has 3 aromatic heterocycles. The predicted molar refractivity (Wildman–Crippen MR) is 63.6 cm³/mol. The van der Waals surface area contributed by atoms with E-state index in [4.69, 9.17) is 9.78 Å². The third-order valence-electron chi connectivity index (χ3n) is 2.53. The summed E-state index contributed by atoms with van der Waals surface area (Å²) >= 11 is 0. The van der Waals surface area contributed by atoms with Crippen LogP contribution in [0.25, 0.3) is 11.5 Å². The maximum absolute atomic E-state index is 8.89. The highest BCUT2D eigenvalue weighted by Gasteiger charge is 2.14. The average Bonchev–Trinajstić information content (AvgIpc) is 3.07. The van der Waals surface area contributed by atoms with Gasteiger partial charge in [0.05, 0.1) is 11.8 Å². The van der Waals surface area contributed by atoms with Gasteiger partial charge in [-0.3, -0.25) is 10.1 Å². The number of rotatable bonds is 3. The molecule has 0 amide bonds. The highest BCUT2D eigenvalue weighted by atomic mass is 16.5. The fourth-order valence-electron chi connectivity index (χ4n) is 1.65. The van der Waals surface area contributed by atoms with Gasteiger partial charge in [-0.15, -0.1) is 0 Å². The maximum atomic E-state index is 8.89. The zero-order valence-electron chi connectivity index (χ0n) is 9.74. The lowest BCUT2D eigenvalue weighted by molar-refractivity contribution is 0.424. The summed E-state index contributed by atoms with van der Waals surface area (Å²) in [7, 11) is 0. The molecule has 0 unspecified atom stereocenters. The molecule has 3 heterocycles. The van der Waals surface area contributed by atoms with E-state index >= 15 is 0 Å². The molecule has 0 aliphatic rings. The fourth-order valence-corrected chi connectivity index (χ4v) is 1.65. The molecule has 19 heavy (non-hydrogen) atoms. The van der Waals surface area contributed by atoms with Gasteiger partial charge in [-0.1, -0.05) is 11.2 Å². The first-order valence-corrected chi connectivity index (χ1v) is 5.52.